The number of ether oxygens (including phenoxy) is 2. The lowest BCUT2D eigenvalue weighted by atomic mass is 9.85. The third kappa shape index (κ3) is 6.10. The molecule has 4 heteroatoms. The first kappa shape index (κ1) is 22.5. The molecule has 2 atom stereocenters. The highest BCUT2D eigenvalue weighted by molar-refractivity contribution is 5.85. The standard InChI is InChI=1S/C23H37NO2.ClH/c1-25-22-15-11-10-14-20(22)21-16-17-24(18-23(21)26-2)19-12-8-6-4-3-5-7-9-13-19;/h10-11,14-15,19,21,23H,3-9,12-13,16-18H2,1-2H3;1H. The zero-order valence-corrected chi connectivity index (χ0v) is 18.0. The van der Waals surface area contributed by atoms with E-state index in [9.17, 15) is 0 Å². The van der Waals surface area contributed by atoms with Gasteiger partial charge in [-0.1, -0.05) is 63.1 Å². The van der Waals surface area contributed by atoms with E-state index in [1.165, 1.54) is 69.9 Å². The van der Waals surface area contributed by atoms with Crippen molar-refractivity contribution >= 4 is 12.4 Å². The van der Waals surface area contributed by atoms with Gasteiger partial charge in [0.05, 0.1) is 13.2 Å². The van der Waals surface area contributed by atoms with E-state index < -0.39 is 0 Å². The highest BCUT2D eigenvalue weighted by Gasteiger charge is 2.34. The largest absolute Gasteiger partial charge is 0.496 e. The van der Waals surface area contributed by atoms with Gasteiger partial charge in [0.2, 0.25) is 0 Å². The number of halogens is 1. The summed E-state index contributed by atoms with van der Waals surface area (Å²) in [6, 6.07) is 9.23. The normalized spacial score (nSPS) is 26.1. The van der Waals surface area contributed by atoms with Crippen LogP contribution < -0.4 is 4.74 Å². The van der Waals surface area contributed by atoms with E-state index in [2.05, 4.69) is 29.2 Å². The molecule has 0 N–H and O–H groups in total. The lowest BCUT2D eigenvalue weighted by molar-refractivity contribution is -0.00515. The molecule has 1 aliphatic heterocycles. The maximum atomic E-state index is 5.98. The molecule has 0 bridgehead atoms. The molecule has 0 aromatic heterocycles. The zero-order valence-electron chi connectivity index (χ0n) is 17.2. The van der Waals surface area contributed by atoms with Crippen LogP contribution in [-0.2, 0) is 4.74 Å². The molecular formula is C23H38ClNO2. The summed E-state index contributed by atoms with van der Waals surface area (Å²) in [7, 11) is 3.65. The van der Waals surface area contributed by atoms with Crippen LogP contribution in [0.1, 0.15) is 75.7 Å². The van der Waals surface area contributed by atoms with Crippen LogP contribution >= 0.6 is 12.4 Å². The van der Waals surface area contributed by atoms with Crippen molar-refractivity contribution in [1.29, 1.82) is 0 Å². The van der Waals surface area contributed by atoms with Gasteiger partial charge in [0.1, 0.15) is 5.75 Å². The average Bonchev–Trinajstić information content (AvgIpc) is 2.71. The average molecular weight is 396 g/mol. The van der Waals surface area contributed by atoms with Crippen molar-refractivity contribution < 1.29 is 9.47 Å². The van der Waals surface area contributed by atoms with Crippen molar-refractivity contribution in [1.82, 2.24) is 4.90 Å². The predicted octanol–water partition coefficient (Wildman–Crippen LogP) is 5.81. The number of para-hydroxylation sites is 1. The molecule has 0 amide bonds. The fourth-order valence-electron chi connectivity index (χ4n) is 4.99. The van der Waals surface area contributed by atoms with Gasteiger partial charge in [0.15, 0.2) is 0 Å². The van der Waals surface area contributed by atoms with Gasteiger partial charge in [-0.25, -0.2) is 0 Å². The summed E-state index contributed by atoms with van der Waals surface area (Å²) in [5.74, 6) is 1.44. The van der Waals surface area contributed by atoms with Gasteiger partial charge in [-0.05, 0) is 37.4 Å². The molecule has 1 aromatic carbocycles. The molecule has 1 saturated heterocycles. The molecule has 2 aliphatic rings. The highest BCUT2D eigenvalue weighted by atomic mass is 35.5. The quantitative estimate of drug-likeness (QED) is 0.641. The molecule has 1 heterocycles. The van der Waals surface area contributed by atoms with E-state index in [0.29, 0.717) is 5.92 Å². The lowest BCUT2D eigenvalue weighted by Crippen LogP contribution is -2.48. The minimum atomic E-state index is 0. The number of benzene rings is 1. The van der Waals surface area contributed by atoms with Crippen LogP contribution in [0.2, 0.25) is 0 Å². The maximum Gasteiger partial charge on any atom is 0.122 e. The second-order valence-electron chi connectivity index (χ2n) is 8.11. The topological polar surface area (TPSA) is 21.7 Å². The van der Waals surface area contributed by atoms with E-state index in [4.69, 9.17) is 9.47 Å². The Morgan fingerprint density at radius 2 is 1.48 bits per heavy atom. The summed E-state index contributed by atoms with van der Waals surface area (Å²) < 4.78 is 11.6. The Bertz CT molecular complexity index is 529. The number of methoxy groups -OCH3 is 2. The van der Waals surface area contributed by atoms with Crippen molar-refractivity contribution in [2.24, 2.45) is 0 Å². The van der Waals surface area contributed by atoms with Crippen LogP contribution in [0, 0.1) is 0 Å². The Kier molecular flexibility index (Phi) is 9.95. The summed E-state index contributed by atoms with van der Waals surface area (Å²) in [6.07, 6.45) is 14.1. The highest BCUT2D eigenvalue weighted by Crippen LogP contribution is 2.37. The van der Waals surface area contributed by atoms with Crippen LogP contribution in [-0.4, -0.2) is 44.4 Å². The molecule has 1 aromatic rings. The van der Waals surface area contributed by atoms with Gasteiger partial charge in [0.25, 0.3) is 0 Å². The van der Waals surface area contributed by atoms with Gasteiger partial charge in [-0.15, -0.1) is 12.4 Å². The molecule has 3 rings (SSSR count). The van der Waals surface area contributed by atoms with Crippen LogP contribution in [0.15, 0.2) is 24.3 Å². The van der Waals surface area contributed by atoms with Crippen molar-refractivity contribution in [2.75, 3.05) is 27.3 Å². The third-order valence-corrected chi connectivity index (χ3v) is 6.52. The van der Waals surface area contributed by atoms with E-state index in [0.717, 1.165) is 24.8 Å². The number of hydrogen-bond acceptors (Lipinski definition) is 3. The first-order valence-corrected chi connectivity index (χ1v) is 10.7. The molecule has 2 fully saturated rings. The van der Waals surface area contributed by atoms with Gasteiger partial charge in [-0.2, -0.15) is 0 Å². The van der Waals surface area contributed by atoms with Crippen molar-refractivity contribution in [3.8, 4) is 5.75 Å². The summed E-state index contributed by atoms with van der Waals surface area (Å²) in [6.45, 7) is 2.25. The number of piperidine rings is 1. The van der Waals surface area contributed by atoms with E-state index in [-0.39, 0.29) is 18.5 Å². The van der Waals surface area contributed by atoms with Gasteiger partial charge >= 0.3 is 0 Å². The molecule has 1 aliphatic carbocycles. The minimum Gasteiger partial charge on any atom is -0.496 e. The van der Waals surface area contributed by atoms with Gasteiger partial charge in [0, 0.05) is 25.6 Å². The van der Waals surface area contributed by atoms with Crippen LogP contribution in [0.5, 0.6) is 5.75 Å². The molecule has 0 spiro atoms. The summed E-state index contributed by atoms with van der Waals surface area (Å²) in [4.78, 5) is 2.74. The number of nitrogens with zero attached hydrogens (tertiary/aromatic N) is 1. The SMILES string of the molecule is COc1ccccc1C1CCN(C2CCCCCCCCC2)CC1OC.Cl. The summed E-state index contributed by atoms with van der Waals surface area (Å²) in [5.41, 5.74) is 1.31. The third-order valence-electron chi connectivity index (χ3n) is 6.52. The fourth-order valence-corrected chi connectivity index (χ4v) is 4.99. The number of rotatable bonds is 4. The molecule has 0 radical (unpaired) electrons. The molecule has 2 unspecified atom stereocenters. The number of likely N-dealkylation sites (tertiary alicyclic amines) is 1. The van der Waals surface area contributed by atoms with Crippen LogP contribution in [0.4, 0.5) is 0 Å². The molecule has 154 valence electrons. The Hall–Kier alpha value is -0.770. The molecule has 27 heavy (non-hydrogen) atoms. The van der Waals surface area contributed by atoms with Crippen LogP contribution in [0.25, 0.3) is 0 Å². The summed E-state index contributed by atoms with van der Waals surface area (Å²) >= 11 is 0. The van der Waals surface area contributed by atoms with E-state index in [1.807, 2.05) is 7.11 Å². The van der Waals surface area contributed by atoms with E-state index in [1.54, 1.807) is 7.11 Å². The van der Waals surface area contributed by atoms with Gasteiger partial charge in [-0.3, -0.25) is 4.90 Å². The molecule has 1 saturated carbocycles. The lowest BCUT2D eigenvalue weighted by Gasteiger charge is -2.42. The Labute approximate surface area is 172 Å². The van der Waals surface area contributed by atoms with Gasteiger partial charge < -0.3 is 9.47 Å². The first-order valence-electron chi connectivity index (χ1n) is 10.7. The zero-order chi connectivity index (χ0) is 18.2. The van der Waals surface area contributed by atoms with Crippen LogP contribution in [0.3, 0.4) is 0 Å². The monoisotopic (exact) mass is 395 g/mol. The fraction of sp³-hybridized carbons (Fsp3) is 0.739. The smallest absolute Gasteiger partial charge is 0.122 e. The number of hydrogen-bond donors (Lipinski definition) is 0. The first-order chi connectivity index (χ1) is 12.8. The van der Waals surface area contributed by atoms with E-state index >= 15 is 0 Å². The predicted molar refractivity (Wildman–Crippen MR) is 115 cm³/mol. The Morgan fingerprint density at radius 1 is 0.852 bits per heavy atom. The second-order valence-corrected chi connectivity index (χ2v) is 8.11. The second kappa shape index (κ2) is 11.9. The Balaban J connectivity index is 0.00000261. The van der Waals surface area contributed by atoms with Crippen molar-refractivity contribution in [3.05, 3.63) is 29.8 Å². The van der Waals surface area contributed by atoms with Crippen molar-refractivity contribution in [2.45, 2.75) is 82.3 Å². The maximum absolute atomic E-state index is 5.98. The molecule has 3 nitrogen and oxygen atoms in total. The Morgan fingerprint density at radius 3 is 2.11 bits per heavy atom. The minimum absolute atomic E-state index is 0. The molecular weight excluding hydrogens is 358 g/mol. The van der Waals surface area contributed by atoms with Crippen molar-refractivity contribution in [3.63, 3.8) is 0 Å². The summed E-state index contributed by atoms with van der Waals surface area (Å²) in [5, 5.41) is 0.